The average molecular weight is 364 g/mol. The highest BCUT2D eigenvalue weighted by Gasteiger charge is 2.51. The molecule has 8 nitrogen and oxygen atoms in total. The number of carbonyl (C=O) groups is 2. The molecule has 4 saturated carbocycles. The van der Waals surface area contributed by atoms with Crippen LogP contribution in [-0.4, -0.2) is 37.9 Å². The number of carbonyl (C=O) groups excluding carboxylic acids is 2. The average Bonchev–Trinajstić information content (AvgIpc) is 2.90. The predicted molar refractivity (Wildman–Crippen MR) is 93.7 cm³/mol. The van der Waals surface area contributed by atoms with Gasteiger partial charge >= 0.3 is 6.03 Å². The van der Waals surface area contributed by atoms with Crippen molar-refractivity contribution >= 4 is 29.6 Å². The lowest BCUT2D eigenvalue weighted by Crippen LogP contribution is -2.62. The van der Waals surface area contributed by atoms with E-state index in [2.05, 4.69) is 25.8 Å². The Morgan fingerprint density at radius 2 is 1.84 bits per heavy atom. The van der Waals surface area contributed by atoms with Crippen molar-refractivity contribution in [1.29, 1.82) is 0 Å². The molecule has 1 unspecified atom stereocenters. The van der Waals surface area contributed by atoms with Gasteiger partial charge in [0.25, 0.3) is 0 Å². The van der Waals surface area contributed by atoms with Crippen molar-refractivity contribution in [3.63, 3.8) is 0 Å². The molecule has 0 saturated heterocycles. The first-order chi connectivity index (χ1) is 11.9. The van der Waals surface area contributed by atoms with Gasteiger partial charge in [-0.25, -0.2) is 9.89 Å². The number of nitrogen functional groups attached to an aromatic ring is 1. The molecule has 5 rings (SSSR count). The fourth-order valence-electron chi connectivity index (χ4n) is 5.27. The fourth-order valence-corrected chi connectivity index (χ4v) is 6.00. The molecule has 1 heterocycles. The number of aromatic amines is 1. The number of H-pyrrole nitrogens is 1. The fraction of sp³-hybridized carbons (Fsp3) is 0.750. The number of nitrogens with zero attached hydrogens (tertiary/aromatic N) is 2. The second-order valence-electron chi connectivity index (χ2n) is 7.90. The van der Waals surface area contributed by atoms with Crippen LogP contribution in [0.5, 0.6) is 0 Å². The molecule has 0 radical (unpaired) electrons. The molecule has 4 aliphatic rings. The largest absolute Gasteiger partial charge is 0.368 e. The third-order valence-electron chi connectivity index (χ3n) is 5.79. The van der Waals surface area contributed by atoms with Gasteiger partial charge < -0.3 is 11.1 Å². The van der Waals surface area contributed by atoms with Crippen LogP contribution >= 0.6 is 11.8 Å². The molecule has 9 heteroatoms. The third-order valence-corrected chi connectivity index (χ3v) is 6.75. The summed E-state index contributed by atoms with van der Waals surface area (Å²) in [6.45, 7) is 1.71. The second kappa shape index (κ2) is 6.19. The predicted octanol–water partition coefficient (Wildman–Crippen LogP) is 1.66. The summed E-state index contributed by atoms with van der Waals surface area (Å²) in [7, 11) is 0. The van der Waals surface area contributed by atoms with E-state index in [0.717, 1.165) is 48.8 Å². The van der Waals surface area contributed by atoms with E-state index in [-0.39, 0.29) is 23.4 Å². The molecular formula is C16H24N6O2S. The van der Waals surface area contributed by atoms with E-state index in [1.54, 1.807) is 6.92 Å². The number of imide groups is 1. The van der Waals surface area contributed by atoms with Crippen LogP contribution in [0, 0.1) is 17.8 Å². The zero-order chi connectivity index (χ0) is 17.6. The third kappa shape index (κ3) is 3.47. The Morgan fingerprint density at radius 3 is 2.36 bits per heavy atom. The van der Waals surface area contributed by atoms with Gasteiger partial charge in [0, 0.05) is 5.54 Å². The maximum atomic E-state index is 12.4. The van der Waals surface area contributed by atoms with Crippen molar-refractivity contribution in [3.05, 3.63) is 0 Å². The van der Waals surface area contributed by atoms with Crippen LogP contribution in [0.1, 0.15) is 45.4 Å². The van der Waals surface area contributed by atoms with E-state index in [1.165, 1.54) is 19.3 Å². The number of amides is 3. The maximum Gasteiger partial charge on any atom is 0.321 e. The summed E-state index contributed by atoms with van der Waals surface area (Å²) in [5.74, 6) is 2.08. The number of nitrogens with two attached hydrogens (primary N) is 1. The lowest BCUT2D eigenvalue weighted by atomic mass is 9.53. The summed E-state index contributed by atoms with van der Waals surface area (Å²) in [6, 6.07) is -0.381. The van der Waals surface area contributed by atoms with Crippen molar-refractivity contribution in [2.24, 2.45) is 17.8 Å². The molecule has 1 aromatic rings. The highest BCUT2D eigenvalue weighted by atomic mass is 32.2. The molecule has 0 spiro atoms. The van der Waals surface area contributed by atoms with Crippen LogP contribution in [0.2, 0.25) is 0 Å². The molecule has 1 atom stereocenters. The minimum absolute atomic E-state index is 0.103. The summed E-state index contributed by atoms with van der Waals surface area (Å²) in [5, 5.41) is 11.9. The Morgan fingerprint density at radius 1 is 1.24 bits per heavy atom. The van der Waals surface area contributed by atoms with Crippen LogP contribution in [0.3, 0.4) is 0 Å². The smallest absolute Gasteiger partial charge is 0.321 e. The van der Waals surface area contributed by atoms with Crippen LogP contribution in [0.4, 0.5) is 10.7 Å². The molecule has 0 aliphatic heterocycles. The van der Waals surface area contributed by atoms with Crippen molar-refractivity contribution in [2.45, 2.75) is 61.4 Å². The SMILES string of the molecule is CC(Sc1n[nH]c(N)n1)C(=O)NC(=O)NC12CC3CC(CC(C3)C1)C2. The number of urea groups is 1. The van der Waals surface area contributed by atoms with E-state index in [1.807, 2.05) is 0 Å². The molecule has 136 valence electrons. The Labute approximate surface area is 150 Å². The minimum Gasteiger partial charge on any atom is -0.368 e. The van der Waals surface area contributed by atoms with E-state index in [4.69, 9.17) is 5.73 Å². The highest BCUT2D eigenvalue weighted by molar-refractivity contribution is 8.00. The number of nitrogens with one attached hydrogen (secondary N) is 3. The molecule has 4 aliphatic carbocycles. The van der Waals surface area contributed by atoms with E-state index in [0.29, 0.717) is 5.16 Å². The maximum absolute atomic E-state index is 12.4. The molecule has 3 amide bonds. The normalized spacial score (nSPS) is 33.9. The Balaban J connectivity index is 1.32. The number of thioether (sulfide) groups is 1. The molecule has 4 bridgehead atoms. The van der Waals surface area contributed by atoms with E-state index in [9.17, 15) is 9.59 Å². The topological polar surface area (TPSA) is 126 Å². The lowest BCUT2D eigenvalue weighted by molar-refractivity contribution is -0.119. The quantitative estimate of drug-likeness (QED) is 0.602. The van der Waals surface area contributed by atoms with Gasteiger partial charge in [-0.3, -0.25) is 10.1 Å². The van der Waals surface area contributed by atoms with Gasteiger partial charge in [-0.2, -0.15) is 4.98 Å². The number of aromatic nitrogens is 3. The van der Waals surface area contributed by atoms with Crippen LogP contribution in [-0.2, 0) is 4.79 Å². The van der Waals surface area contributed by atoms with Gasteiger partial charge in [0.15, 0.2) is 0 Å². The molecule has 4 fully saturated rings. The summed E-state index contributed by atoms with van der Waals surface area (Å²) < 4.78 is 0. The van der Waals surface area contributed by atoms with Gasteiger partial charge in [-0.05, 0) is 63.2 Å². The lowest BCUT2D eigenvalue weighted by Gasteiger charge is -2.56. The first kappa shape index (κ1) is 16.7. The molecular weight excluding hydrogens is 340 g/mol. The Kier molecular flexibility index (Phi) is 4.13. The van der Waals surface area contributed by atoms with Crippen LogP contribution in [0.15, 0.2) is 5.16 Å². The standard InChI is InChI=1S/C16H24N6O2S/c1-8(25-15-19-13(17)21-22-15)12(23)18-14(24)20-16-5-9-2-10(6-16)4-11(3-9)7-16/h8-11H,2-7H2,1H3,(H3,17,19,21,22)(H2,18,20,23,24). The Hall–Kier alpha value is -1.77. The minimum atomic E-state index is -0.489. The van der Waals surface area contributed by atoms with Gasteiger partial charge in [-0.15, -0.1) is 5.10 Å². The first-order valence-electron chi connectivity index (χ1n) is 8.88. The van der Waals surface area contributed by atoms with E-state index < -0.39 is 5.25 Å². The second-order valence-corrected chi connectivity index (χ2v) is 9.21. The van der Waals surface area contributed by atoms with Crippen LogP contribution < -0.4 is 16.4 Å². The van der Waals surface area contributed by atoms with E-state index >= 15 is 0 Å². The van der Waals surface area contributed by atoms with Gasteiger partial charge in [0.2, 0.25) is 17.0 Å². The summed E-state index contributed by atoms with van der Waals surface area (Å²) in [4.78, 5) is 28.6. The van der Waals surface area contributed by atoms with Crippen molar-refractivity contribution in [3.8, 4) is 0 Å². The first-order valence-corrected chi connectivity index (χ1v) is 9.76. The van der Waals surface area contributed by atoms with Crippen molar-refractivity contribution < 1.29 is 9.59 Å². The van der Waals surface area contributed by atoms with Gasteiger partial charge in [-0.1, -0.05) is 11.8 Å². The monoisotopic (exact) mass is 364 g/mol. The molecule has 25 heavy (non-hydrogen) atoms. The zero-order valence-corrected chi connectivity index (χ0v) is 15.1. The zero-order valence-electron chi connectivity index (χ0n) is 14.2. The Bertz CT molecular complexity index is 655. The van der Waals surface area contributed by atoms with Crippen molar-refractivity contribution in [2.75, 3.05) is 5.73 Å². The summed E-state index contributed by atoms with van der Waals surface area (Å²) >= 11 is 1.16. The number of hydrogen-bond donors (Lipinski definition) is 4. The number of anilines is 1. The number of rotatable bonds is 4. The van der Waals surface area contributed by atoms with Gasteiger partial charge in [0.05, 0.1) is 5.25 Å². The highest BCUT2D eigenvalue weighted by Crippen LogP contribution is 2.55. The molecule has 1 aromatic heterocycles. The summed E-state index contributed by atoms with van der Waals surface area (Å²) in [6.07, 6.45) is 7.11. The summed E-state index contributed by atoms with van der Waals surface area (Å²) in [5.41, 5.74) is 5.37. The van der Waals surface area contributed by atoms with Crippen LogP contribution in [0.25, 0.3) is 0 Å². The molecule has 5 N–H and O–H groups in total. The van der Waals surface area contributed by atoms with Gasteiger partial charge in [0.1, 0.15) is 0 Å². The molecule has 0 aromatic carbocycles. The van der Waals surface area contributed by atoms with Crippen molar-refractivity contribution in [1.82, 2.24) is 25.8 Å². The number of hydrogen-bond acceptors (Lipinski definition) is 6.